The lowest BCUT2D eigenvalue weighted by atomic mass is 10.0. The minimum absolute atomic E-state index is 0.0141. The normalized spacial score (nSPS) is 13.1. The van der Waals surface area contributed by atoms with Gasteiger partial charge in [0.1, 0.15) is 18.1 Å². The van der Waals surface area contributed by atoms with Crippen molar-refractivity contribution in [2.24, 2.45) is 11.7 Å². The Labute approximate surface area is 326 Å². The largest absolute Gasteiger partial charge is 0.395 e. The number of hydrogen-bond acceptors (Lipinski definition) is 9. The number of carbonyl (C=O) groups excluding carboxylic acids is 6. The second-order valence-electron chi connectivity index (χ2n) is 13.1. The fourth-order valence-electron chi connectivity index (χ4n) is 5.24. The molecule has 0 bridgehead atoms. The predicted molar refractivity (Wildman–Crippen MR) is 210 cm³/mol. The highest BCUT2D eigenvalue weighted by molar-refractivity contribution is 6.18. The Morgan fingerprint density at radius 1 is 0.759 bits per heavy atom. The lowest BCUT2D eigenvalue weighted by Crippen LogP contribution is -2.56. The highest BCUT2D eigenvalue weighted by Crippen LogP contribution is 2.19. The maximum absolute atomic E-state index is 13.5. The van der Waals surface area contributed by atoms with Crippen LogP contribution in [0.3, 0.4) is 0 Å². The van der Waals surface area contributed by atoms with Crippen molar-refractivity contribution in [3.05, 3.63) is 60.2 Å². The number of nitrogens with two attached hydrogens (primary N) is 1. The number of aliphatic hydroxyl groups is 1. The zero-order chi connectivity index (χ0) is 40.0. The first-order chi connectivity index (χ1) is 25.8. The van der Waals surface area contributed by atoms with E-state index < -0.39 is 60.2 Å². The van der Waals surface area contributed by atoms with Crippen molar-refractivity contribution in [3.63, 3.8) is 0 Å². The van der Waals surface area contributed by atoms with Crippen LogP contribution < -0.4 is 42.5 Å². The molecular formula is C37H54Cl2N8O7. The van der Waals surface area contributed by atoms with Crippen molar-refractivity contribution >= 4 is 70.0 Å². The Hall–Kier alpha value is -4.44. The SMILES string of the molecule is CC(C)C[C@H](NC(=O)[C@H](C)NC(=O)[C@H](Cc1ccccc1)NC(=O)CNC(=O)[C@@H](N)CCC(=O)NCCO)C(=O)Nc1ccc(N(CCCl)CCCl)cc1. The van der Waals surface area contributed by atoms with Gasteiger partial charge in [0.2, 0.25) is 35.4 Å². The van der Waals surface area contributed by atoms with Crippen molar-refractivity contribution < 1.29 is 33.9 Å². The number of nitrogens with zero attached hydrogens (tertiary/aromatic N) is 1. The molecular weight excluding hydrogens is 739 g/mol. The summed E-state index contributed by atoms with van der Waals surface area (Å²) in [5.41, 5.74) is 8.02. The van der Waals surface area contributed by atoms with Gasteiger partial charge in [-0.05, 0) is 55.5 Å². The van der Waals surface area contributed by atoms with Gasteiger partial charge >= 0.3 is 0 Å². The van der Waals surface area contributed by atoms with E-state index in [9.17, 15) is 28.8 Å². The summed E-state index contributed by atoms with van der Waals surface area (Å²) >= 11 is 11.9. The molecule has 2 aromatic carbocycles. The molecule has 9 N–H and O–H groups in total. The van der Waals surface area contributed by atoms with Crippen molar-refractivity contribution in [3.8, 4) is 0 Å². The summed E-state index contributed by atoms with van der Waals surface area (Å²) in [5.74, 6) is -2.51. The molecule has 0 heterocycles. The number of nitrogens with one attached hydrogen (secondary N) is 6. The molecule has 4 atom stereocenters. The summed E-state index contributed by atoms with van der Waals surface area (Å²) in [6, 6.07) is 11.9. The molecule has 0 aliphatic heterocycles. The fourth-order valence-corrected chi connectivity index (χ4v) is 5.65. The minimum Gasteiger partial charge on any atom is -0.395 e. The van der Waals surface area contributed by atoms with Crippen molar-refractivity contribution in [2.75, 3.05) is 54.8 Å². The van der Waals surface area contributed by atoms with Crippen molar-refractivity contribution in [1.82, 2.24) is 26.6 Å². The molecule has 2 rings (SSSR count). The summed E-state index contributed by atoms with van der Waals surface area (Å²) in [4.78, 5) is 79.3. The van der Waals surface area contributed by atoms with E-state index in [4.69, 9.17) is 34.0 Å². The first-order valence-corrected chi connectivity index (χ1v) is 19.0. The van der Waals surface area contributed by atoms with Gasteiger partial charge in [0.15, 0.2) is 0 Å². The summed E-state index contributed by atoms with van der Waals surface area (Å²) < 4.78 is 0. The van der Waals surface area contributed by atoms with Crippen LogP contribution in [0.1, 0.15) is 45.6 Å². The number of carbonyl (C=O) groups is 6. The number of aliphatic hydroxyl groups excluding tert-OH is 1. The van der Waals surface area contributed by atoms with E-state index in [0.717, 1.165) is 11.3 Å². The predicted octanol–water partition coefficient (Wildman–Crippen LogP) is 1.00. The van der Waals surface area contributed by atoms with Crippen LogP contribution in [0, 0.1) is 5.92 Å². The Bertz CT molecular complexity index is 1490. The molecule has 0 radical (unpaired) electrons. The number of halogens is 2. The molecule has 17 heteroatoms. The van der Waals surface area contributed by atoms with Crippen LogP contribution in [-0.2, 0) is 35.2 Å². The van der Waals surface area contributed by atoms with Crippen molar-refractivity contribution in [2.45, 2.75) is 70.6 Å². The molecule has 6 amide bonds. The maximum Gasteiger partial charge on any atom is 0.246 e. The molecule has 0 saturated heterocycles. The van der Waals surface area contributed by atoms with Gasteiger partial charge in [-0.2, -0.15) is 0 Å². The molecule has 0 fully saturated rings. The Morgan fingerprint density at radius 2 is 1.41 bits per heavy atom. The van der Waals surface area contributed by atoms with E-state index in [1.165, 1.54) is 6.92 Å². The Morgan fingerprint density at radius 3 is 2.00 bits per heavy atom. The third-order valence-corrected chi connectivity index (χ3v) is 8.45. The fraction of sp³-hybridized carbons (Fsp3) is 0.514. The average molecular weight is 794 g/mol. The molecule has 0 unspecified atom stereocenters. The zero-order valence-corrected chi connectivity index (χ0v) is 32.6. The van der Waals surface area contributed by atoms with Crippen molar-refractivity contribution in [1.29, 1.82) is 0 Å². The van der Waals surface area contributed by atoms with Gasteiger partial charge in [0, 0.05) is 55.6 Å². The van der Waals surface area contributed by atoms with Crippen LogP contribution in [0.4, 0.5) is 11.4 Å². The van der Waals surface area contributed by atoms with Crippen LogP contribution in [0.25, 0.3) is 0 Å². The summed E-state index contributed by atoms with van der Waals surface area (Å²) in [6.07, 6.45) is 0.373. The molecule has 0 aromatic heterocycles. The minimum atomic E-state index is -1.13. The van der Waals surface area contributed by atoms with Crippen LogP contribution in [0.15, 0.2) is 54.6 Å². The highest BCUT2D eigenvalue weighted by atomic mass is 35.5. The number of benzene rings is 2. The summed E-state index contributed by atoms with van der Waals surface area (Å²) in [7, 11) is 0. The summed E-state index contributed by atoms with van der Waals surface area (Å²) in [5, 5.41) is 24.5. The van der Waals surface area contributed by atoms with E-state index in [1.807, 2.05) is 30.9 Å². The maximum atomic E-state index is 13.5. The van der Waals surface area contributed by atoms with E-state index in [2.05, 4.69) is 31.9 Å². The number of anilines is 2. The van der Waals surface area contributed by atoms with Gasteiger partial charge in [-0.1, -0.05) is 44.2 Å². The molecule has 298 valence electrons. The third-order valence-electron chi connectivity index (χ3n) is 8.11. The van der Waals surface area contributed by atoms with Crippen LogP contribution in [0.2, 0.25) is 0 Å². The van der Waals surface area contributed by atoms with Gasteiger partial charge in [0.25, 0.3) is 0 Å². The quantitative estimate of drug-likeness (QED) is 0.0710. The Balaban J connectivity index is 2.05. The van der Waals surface area contributed by atoms with E-state index in [-0.39, 0.29) is 44.2 Å². The van der Waals surface area contributed by atoms with Gasteiger partial charge in [-0.3, -0.25) is 28.8 Å². The lowest BCUT2D eigenvalue weighted by molar-refractivity contribution is -0.133. The Kier molecular flexibility index (Phi) is 21.0. The molecule has 0 spiro atoms. The van der Waals surface area contributed by atoms with Crippen LogP contribution >= 0.6 is 23.2 Å². The standard InChI is InChI=1S/C37H54Cl2N8O7/c1-24(2)21-30(37(54)44-27-9-11-28(12-10-27)47(18-15-38)19-16-39)46-34(51)25(3)43-36(53)31(22-26-7-5-4-6-8-26)45-33(50)23-42-35(52)29(40)13-14-32(49)41-17-20-48/h4-12,24-25,29-31,48H,13-23,40H2,1-3H3,(H,41,49)(H,42,52)(H,43,53)(H,44,54)(H,45,50)(H,46,51)/t25-,29-,30-,31-/m0/s1. The first kappa shape index (κ1) is 45.7. The average Bonchev–Trinajstić information content (AvgIpc) is 3.14. The molecule has 0 saturated carbocycles. The first-order valence-electron chi connectivity index (χ1n) is 17.9. The molecule has 2 aromatic rings. The number of hydrogen-bond donors (Lipinski definition) is 8. The molecule has 54 heavy (non-hydrogen) atoms. The second-order valence-corrected chi connectivity index (χ2v) is 13.8. The van der Waals surface area contributed by atoms with Gasteiger partial charge in [-0.25, -0.2) is 0 Å². The highest BCUT2D eigenvalue weighted by Gasteiger charge is 2.28. The molecule has 0 aliphatic rings. The lowest BCUT2D eigenvalue weighted by Gasteiger charge is -2.25. The molecule has 0 aliphatic carbocycles. The van der Waals surface area contributed by atoms with Gasteiger partial charge in [0.05, 0.1) is 19.2 Å². The molecule has 15 nitrogen and oxygen atoms in total. The summed E-state index contributed by atoms with van der Waals surface area (Å²) in [6.45, 7) is 5.90. The number of alkyl halides is 2. The third kappa shape index (κ3) is 17.1. The van der Waals surface area contributed by atoms with E-state index >= 15 is 0 Å². The van der Waals surface area contributed by atoms with Gasteiger partial charge in [-0.15, -0.1) is 23.2 Å². The van der Waals surface area contributed by atoms with E-state index in [1.54, 1.807) is 42.5 Å². The zero-order valence-electron chi connectivity index (χ0n) is 31.0. The van der Waals surface area contributed by atoms with Gasteiger partial charge < -0.3 is 47.6 Å². The number of amides is 6. The second kappa shape index (κ2) is 24.8. The van der Waals surface area contributed by atoms with E-state index in [0.29, 0.717) is 37.0 Å². The van der Waals surface area contributed by atoms with Crippen LogP contribution in [0.5, 0.6) is 0 Å². The smallest absolute Gasteiger partial charge is 0.246 e. The van der Waals surface area contributed by atoms with Crippen LogP contribution in [-0.4, -0.2) is 109 Å². The number of rotatable bonds is 24. The topological polar surface area (TPSA) is 224 Å². The monoisotopic (exact) mass is 792 g/mol.